The van der Waals surface area contributed by atoms with Crippen molar-refractivity contribution in [3.05, 3.63) is 0 Å². The zero-order chi connectivity index (χ0) is 16.1. The topological polar surface area (TPSA) is 9.23 Å². The second-order valence-electron chi connectivity index (χ2n) is 7.33. The Labute approximate surface area is 135 Å². The van der Waals surface area contributed by atoms with Crippen LogP contribution < -0.4 is 0 Å². The first-order valence-corrected chi connectivity index (χ1v) is 9.60. The largest absolute Gasteiger partial charge is 0.381 e. The molecule has 0 aromatic rings. The van der Waals surface area contributed by atoms with Crippen molar-refractivity contribution >= 4 is 0 Å². The van der Waals surface area contributed by atoms with E-state index in [2.05, 4.69) is 41.5 Å². The average Bonchev–Trinajstić information content (AvgIpc) is 2.50. The first-order valence-electron chi connectivity index (χ1n) is 9.60. The first-order chi connectivity index (χ1) is 10.0. The fourth-order valence-corrected chi connectivity index (χ4v) is 2.82. The molecule has 1 heteroatoms. The van der Waals surface area contributed by atoms with Crippen LogP contribution in [0.2, 0.25) is 0 Å². The molecule has 0 spiro atoms. The molecule has 128 valence electrons. The number of unbranched alkanes of at least 4 members (excludes halogenated alkanes) is 2. The summed E-state index contributed by atoms with van der Waals surface area (Å²) in [5.74, 6) is 3.49. The van der Waals surface area contributed by atoms with E-state index < -0.39 is 0 Å². The van der Waals surface area contributed by atoms with Crippen LogP contribution in [0.25, 0.3) is 0 Å². The van der Waals surface area contributed by atoms with Gasteiger partial charge in [0, 0.05) is 13.2 Å². The van der Waals surface area contributed by atoms with Gasteiger partial charge in [-0.05, 0) is 36.5 Å². The monoisotopic (exact) mass is 298 g/mol. The van der Waals surface area contributed by atoms with Crippen molar-refractivity contribution in [1.82, 2.24) is 0 Å². The lowest BCUT2D eigenvalue weighted by Gasteiger charge is -2.18. The lowest BCUT2D eigenvalue weighted by molar-refractivity contribution is 0.122. The molecule has 0 saturated heterocycles. The van der Waals surface area contributed by atoms with Gasteiger partial charge in [0.15, 0.2) is 0 Å². The molecular weight excluding hydrogens is 256 g/mol. The van der Waals surface area contributed by atoms with E-state index in [4.69, 9.17) is 4.74 Å². The highest BCUT2D eigenvalue weighted by Crippen LogP contribution is 2.21. The maximum absolute atomic E-state index is 5.77. The third kappa shape index (κ3) is 11.2. The molecule has 0 aliphatic heterocycles. The Hall–Kier alpha value is -0.0400. The van der Waals surface area contributed by atoms with E-state index in [-0.39, 0.29) is 0 Å². The van der Waals surface area contributed by atoms with Gasteiger partial charge in [-0.1, -0.05) is 80.1 Å². The molecule has 0 amide bonds. The van der Waals surface area contributed by atoms with E-state index in [0.29, 0.717) is 0 Å². The normalized spacial score (nSPS) is 17.4. The molecular formula is C20H42O. The summed E-state index contributed by atoms with van der Waals surface area (Å²) in [4.78, 5) is 0. The quantitative estimate of drug-likeness (QED) is 0.324. The number of rotatable bonds is 14. The van der Waals surface area contributed by atoms with Crippen molar-refractivity contribution in [3.8, 4) is 0 Å². The Morgan fingerprint density at radius 2 is 0.952 bits per heavy atom. The summed E-state index contributed by atoms with van der Waals surface area (Å²) >= 11 is 0. The van der Waals surface area contributed by atoms with E-state index in [9.17, 15) is 0 Å². The second-order valence-corrected chi connectivity index (χ2v) is 7.33. The zero-order valence-electron chi connectivity index (χ0n) is 15.8. The summed E-state index contributed by atoms with van der Waals surface area (Å²) in [5, 5.41) is 0. The molecule has 0 aliphatic rings. The van der Waals surface area contributed by atoms with Crippen LogP contribution in [0.5, 0.6) is 0 Å². The van der Waals surface area contributed by atoms with Crippen LogP contribution in [0.15, 0.2) is 0 Å². The van der Waals surface area contributed by atoms with Gasteiger partial charge in [0.1, 0.15) is 0 Å². The standard InChI is InChI=1S/C20H42O/c1-7-17(3)19(5)13-9-11-15-21-16-12-10-14-20(6)18(4)8-2/h17-20H,7-16H2,1-6H3. The minimum atomic E-state index is 0.872. The van der Waals surface area contributed by atoms with Crippen LogP contribution in [0.4, 0.5) is 0 Å². The van der Waals surface area contributed by atoms with Crippen LogP contribution in [0.1, 0.15) is 92.9 Å². The van der Waals surface area contributed by atoms with Gasteiger partial charge in [-0.15, -0.1) is 0 Å². The maximum Gasteiger partial charge on any atom is 0.0466 e. The minimum absolute atomic E-state index is 0.872. The molecule has 0 saturated carbocycles. The van der Waals surface area contributed by atoms with Gasteiger partial charge < -0.3 is 4.74 Å². The fourth-order valence-electron chi connectivity index (χ4n) is 2.82. The van der Waals surface area contributed by atoms with Crippen molar-refractivity contribution in [2.45, 2.75) is 92.9 Å². The molecule has 0 aliphatic carbocycles. The minimum Gasteiger partial charge on any atom is -0.381 e. The Bertz CT molecular complexity index is 192. The molecule has 4 atom stereocenters. The Balaban J connectivity index is 3.30. The summed E-state index contributed by atoms with van der Waals surface area (Å²) in [6.45, 7) is 16.1. The lowest BCUT2D eigenvalue weighted by Crippen LogP contribution is -2.08. The summed E-state index contributed by atoms with van der Waals surface area (Å²) in [6, 6.07) is 0. The predicted octanol–water partition coefficient (Wildman–Crippen LogP) is 6.71. The Kier molecular flexibility index (Phi) is 13.6. The van der Waals surface area contributed by atoms with Crippen LogP contribution in [-0.2, 0) is 4.74 Å². The highest BCUT2D eigenvalue weighted by Gasteiger charge is 2.10. The number of ether oxygens (including phenoxy) is 1. The third-order valence-electron chi connectivity index (χ3n) is 5.63. The summed E-state index contributed by atoms with van der Waals surface area (Å²) in [7, 11) is 0. The van der Waals surface area contributed by atoms with Gasteiger partial charge in [-0.3, -0.25) is 0 Å². The van der Waals surface area contributed by atoms with Crippen molar-refractivity contribution in [2.75, 3.05) is 13.2 Å². The molecule has 0 radical (unpaired) electrons. The van der Waals surface area contributed by atoms with Crippen LogP contribution in [0.3, 0.4) is 0 Å². The average molecular weight is 299 g/mol. The molecule has 0 aromatic carbocycles. The van der Waals surface area contributed by atoms with E-state index in [1.807, 2.05) is 0 Å². The van der Waals surface area contributed by atoms with Crippen LogP contribution in [-0.4, -0.2) is 13.2 Å². The number of hydrogen-bond donors (Lipinski definition) is 0. The molecule has 0 aromatic heterocycles. The fraction of sp³-hybridized carbons (Fsp3) is 1.00. The smallest absolute Gasteiger partial charge is 0.0466 e. The predicted molar refractivity (Wildman–Crippen MR) is 95.8 cm³/mol. The maximum atomic E-state index is 5.77. The van der Waals surface area contributed by atoms with Crippen molar-refractivity contribution in [3.63, 3.8) is 0 Å². The van der Waals surface area contributed by atoms with E-state index in [1.165, 1.54) is 51.4 Å². The molecule has 1 nitrogen and oxygen atoms in total. The molecule has 4 unspecified atom stereocenters. The Morgan fingerprint density at radius 1 is 0.571 bits per heavy atom. The van der Waals surface area contributed by atoms with Crippen molar-refractivity contribution < 1.29 is 4.74 Å². The van der Waals surface area contributed by atoms with Crippen molar-refractivity contribution in [1.29, 1.82) is 0 Å². The van der Waals surface area contributed by atoms with E-state index in [0.717, 1.165) is 36.9 Å². The highest BCUT2D eigenvalue weighted by atomic mass is 16.5. The van der Waals surface area contributed by atoms with Crippen molar-refractivity contribution in [2.24, 2.45) is 23.7 Å². The zero-order valence-corrected chi connectivity index (χ0v) is 15.8. The number of hydrogen-bond acceptors (Lipinski definition) is 1. The van der Waals surface area contributed by atoms with E-state index in [1.54, 1.807) is 0 Å². The third-order valence-corrected chi connectivity index (χ3v) is 5.63. The van der Waals surface area contributed by atoms with Gasteiger partial charge in [-0.25, -0.2) is 0 Å². The highest BCUT2D eigenvalue weighted by molar-refractivity contribution is 4.61. The second kappa shape index (κ2) is 13.6. The Morgan fingerprint density at radius 3 is 1.29 bits per heavy atom. The van der Waals surface area contributed by atoms with Crippen LogP contribution in [0, 0.1) is 23.7 Å². The van der Waals surface area contributed by atoms with Gasteiger partial charge in [0.2, 0.25) is 0 Å². The lowest BCUT2D eigenvalue weighted by atomic mass is 9.89. The van der Waals surface area contributed by atoms with E-state index >= 15 is 0 Å². The SMILES string of the molecule is CCC(C)C(C)CCCCOCCCCC(C)C(C)CC. The molecule has 0 heterocycles. The van der Waals surface area contributed by atoms with Gasteiger partial charge in [0.05, 0.1) is 0 Å². The van der Waals surface area contributed by atoms with Gasteiger partial charge >= 0.3 is 0 Å². The molecule has 0 rings (SSSR count). The summed E-state index contributed by atoms with van der Waals surface area (Å²) < 4.78 is 5.77. The molecule has 21 heavy (non-hydrogen) atoms. The molecule has 0 bridgehead atoms. The summed E-state index contributed by atoms with van der Waals surface area (Å²) in [5.41, 5.74) is 0. The molecule has 0 fully saturated rings. The van der Waals surface area contributed by atoms with Crippen LogP contribution >= 0.6 is 0 Å². The van der Waals surface area contributed by atoms with Gasteiger partial charge in [-0.2, -0.15) is 0 Å². The summed E-state index contributed by atoms with van der Waals surface area (Å²) in [6.07, 6.45) is 10.5. The van der Waals surface area contributed by atoms with Gasteiger partial charge in [0.25, 0.3) is 0 Å². The first kappa shape index (κ1) is 21.0. The molecule has 0 N–H and O–H groups in total.